The van der Waals surface area contributed by atoms with E-state index < -0.39 is 29.6 Å². The minimum Gasteiger partial charge on any atom is -0.292 e. The zero-order chi connectivity index (χ0) is 17.3. The molecule has 0 spiro atoms. The molecule has 0 radical (unpaired) electrons. The number of hydrogen-bond donors (Lipinski definition) is 1. The van der Waals surface area contributed by atoms with Crippen molar-refractivity contribution in [1.29, 1.82) is 0 Å². The zero-order valence-corrected chi connectivity index (χ0v) is 11.4. The Morgan fingerprint density at radius 1 is 0.739 bits per heavy atom. The normalized spacial score (nSPS) is 13.9. The molecule has 2 aromatic carbocycles. The molecular weight excluding hydrogens is 324 g/mol. The molecule has 0 heterocycles. The van der Waals surface area contributed by atoms with E-state index in [1.165, 1.54) is 12.1 Å². The molecule has 2 N–H and O–H groups in total. The van der Waals surface area contributed by atoms with Crippen LogP contribution in [0, 0.1) is 0 Å². The van der Waals surface area contributed by atoms with Gasteiger partial charge in [0.25, 0.3) is 0 Å². The Morgan fingerprint density at radius 3 is 1.61 bits per heavy atom. The van der Waals surface area contributed by atoms with Crippen molar-refractivity contribution in [3.63, 3.8) is 0 Å². The van der Waals surface area contributed by atoms with Crippen molar-refractivity contribution in [2.75, 3.05) is 0 Å². The molecular formula is C15H11F6NO. The number of benzene rings is 2. The number of halogens is 6. The Kier molecular flexibility index (Phi) is 4.67. The van der Waals surface area contributed by atoms with Crippen LogP contribution in [0.15, 0.2) is 48.5 Å². The fraction of sp³-hybridized carbons (Fsp3) is 0.200. The van der Waals surface area contributed by atoms with E-state index in [0.29, 0.717) is 17.7 Å². The van der Waals surface area contributed by atoms with Gasteiger partial charge < -0.3 is 0 Å². The average Bonchev–Trinajstić information content (AvgIpc) is 2.47. The van der Waals surface area contributed by atoms with Crippen LogP contribution in [0.1, 0.15) is 28.4 Å². The third kappa shape index (κ3) is 4.02. The molecule has 8 heteroatoms. The van der Waals surface area contributed by atoms with Gasteiger partial charge in [0.15, 0.2) is 0 Å². The Balaban J connectivity index is 2.61. The second-order valence-corrected chi connectivity index (χ2v) is 4.77. The van der Waals surface area contributed by atoms with Crippen LogP contribution in [-0.4, -0.2) is 0 Å². The van der Waals surface area contributed by atoms with E-state index in [-0.39, 0.29) is 11.6 Å². The summed E-state index contributed by atoms with van der Waals surface area (Å²) < 4.78 is 77.2. The van der Waals surface area contributed by atoms with Gasteiger partial charge in [-0.15, -0.1) is 0 Å². The summed E-state index contributed by atoms with van der Waals surface area (Å²) in [6.07, 6.45) is -11.1. The molecule has 1 unspecified atom stereocenters. The fourth-order valence-electron chi connectivity index (χ4n) is 2.11. The summed E-state index contributed by atoms with van der Waals surface area (Å²) in [5, 5.41) is 0. The maximum absolute atomic E-state index is 12.9. The van der Waals surface area contributed by atoms with Crippen LogP contribution in [0.3, 0.4) is 0 Å². The number of nitrogens with two attached hydrogens (primary N) is 1. The molecule has 0 fully saturated rings. The summed E-state index contributed by atoms with van der Waals surface area (Å²) in [5.74, 6) is 5.09. The highest BCUT2D eigenvalue weighted by atomic mass is 19.4. The first kappa shape index (κ1) is 17.3. The fourth-order valence-corrected chi connectivity index (χ4v) is 2.11. The maximum atomic E-state index is 12.9. The highest BCUT2D eigenvalue weighted by Gasteiger charge is 2.37. The summed E-state index contributed by atoms with van der Waals surface area (Å²) in [7, 11) is 0. The van der Waals surface area contributed by atoms with Crippen molar-refractivity contribution < 1.29 is 31.2 Å². The van der Waals surface area contributed by atoms with Gasteiger partial charge in [0.1, 0.15) is 6.10 Å². The molecule has 0 aliphatic carbocycles. The van der Waals surface area contributed by atoms with Gasteiger partial charge in [0.2, 0.25) is 0 Å². The largest absolute Gasteiger partial charge is 0.416 e. The molecule has 0 bridgehead atoms. The van der Waals surface area contributed by atoms with Crippen molar-refractivity contribution in [1.82, 2.24) is 0 Å². The molecule has 2 rings (SSSR count). The Labute approximate surface area is 127 Å². The third-order valence-electron chi connectivity index (χ3n) is 3.15. The van der Waals surface area contributed by atoms with Crippen molar-refractivity contribution in [2.45, 2.75) is 18.5 Å². The molecule has 0 amide bonds. The molecule has 124 valence electrons. The highest BCUT2D eigenvalue weighted by Crippen LogP contribution is 2.38. The van der Waals surface area contributed by atoms with Gasteiger partial charge in [-0.1, -0.05) is 30.3 Å². The molecule has 1 atom stereocenters. The average molecular weight is 335 g/mol. The second kappa shape index (κ2) is 6.21. The van der Waals surface area contributed by atoms with Gasteiger partial charge in [0.05, 0.1) is 11.1 Å². The predicted molar refractivity (Wildman–Crippen MR) is 70.0 cm³/mol. The topological polar surface area (TPSA) is 35.2 Å². The lowest BCUT2D eigenvalue weighted by atomic mass is 9.96. The van der Waals surface area contributed by atoms with Gasteiger partial charge in [-0.3, -0.25) is 4.84 Å². The van der Waals surface area contributed by atoms with E-state index in [4.69, 9.17) is 5.90 Å². The quantitative estimate of drug-likeness (QED) is 0.652. The monoisotopic (exact) mass is 335 g/mol. The second-order valence-electron chi connectivity index (χ2n) is 4.77. The minimum atomic E-state index is -4.92. The van der Waals surface area contributed by atoms with Gasteiger partial charge in [-0.25, -0.2) is 5.90 Å². The van der Waals surface area contributed by atoms with Gasteiger partial charge >= 0.3 is 12.4 Å². The van der Waals surface area contributed by atoms with E-state index >= 15 is 0 Å². The number of rotatable bonds is 3. The predicted octanol–water partition coefficient (Wildman–Crippen LogP) is 4.70. The van der Waals surface area contributed by atoms with Crippen LogP contribution in [0.5, 0.6) is 0 Å². The first-order valence-electron chi connectivity index (χ1n) is 6.33. The van der Waals surface area contributed by atoms with E-state index in [1.54, 1.807) is 18.2 Å². The van der Waals surface area contributed by atoms with Crippen LogP contribution < -0.4 is 5.90 Å². The SMILES string of the molecule is NOC(c1ccccc1)c1cc(C(F)(F)F)cc(C(F)(F)F)c1. The zero-order valence-electron chi connectivity index (χ0n) is 11.4. The maximum Gasteiger partial charge on any atom is 0.416 e. The van der Waals surface area contributed by atoms with E-state index in [1.807, 2.05) is 0 Å². The first-order chi connectivity index (χ1) is 10.6. The van der Waals surface area contributed by atoms with Crippen LogP contribution in [0.2, 0.25) is 0 Å². The Hall–Kier alpha value is -2.06. The molecule has 0 saturated carbocycles. The van der Waals surface area contributed by atoms with Crippen molar-refractivity contribution in [2.24, 2.45) is 5.90 Å². The number of hydrogen-bond acceptors (Lipinski definition) is 2. The molecule has 0 saturated heterocycles. The molecule has 0 aliphatic rings. The summed E-state index contributed by atoms with van der Waals surface area (Å²) in [4.78, 5) is 4.62. The van der Waals surface area contributed by atoms with Crippen molar-refractivity contribution >= 4 is 0 Å². The van der Waals surface area contributed by atoms with Gasteiger partial charge in [-0.2, -0.15) is 26.3 Å². The smallest absolute Gasteiger partial charge is 0.292 e. The Morgan fingerprint density at radius 2 is 1.22 bits per heavy atom. The van der Waals surface area contributed by atoms with Crippen LogP contribution in [0.4, 0.5) is 26.3 Å². The number of alkyl halides is 6. The molecule has 0 aromatic heterocycles. The molecule has 2 nitrogen and oxygen atoms in total. The lowest BCUT2D eigenvalue weighted by molar-refractivity contribution is -0.143. The molecule has 0 aliphatic heterocycles. The van der Waals surface area contributed by atoms with Gasteiger partial charge in [0, 0.05) is 0 Å². The summed E-state index contributed by atoms with van der Waals surface area (Å²) in [6, 6.07) is 9.02. The van der Waals surface area contributed by atoms with E-state index in [0.717, 1.165) is 0 Å². The first-order valence-corrected chi connectivity index (χ1v) is 6.33. The van der Waals surface area contributed by atoms with Crippen molar-refractivity contribution in [3.05, 3.63) is 70.8 Å². The van der Waals surface area contributed by atoms with E-state index in [9.17, 15) is 26.3 Å². The third-order valence-corrected chi connectivity index (χ3v) is 3.15. The van der Waals surface area contributed by atoms with Gasteiger partial charge in [-0.05, 0) is 29.3 Å². The lowest BCUT2D eigenvalue weighted by Crippen LogP contribution is -2.16. The van der Waals surface area contributed by atoms with E-state index in [2.05, 4.69) is 4.84 Å². The Bertz CT molecular complexity index is 634. The highest BCUT2D eigenvalue weighted by molar-refractivity contribution is 5.38. The van der Waals surface area contributed by atoms with Crippen LogP contribution >= 0.6 is 0 Å². The van der Waals surface area contributed by atoms with Crippen LogP contribution in [-0.2, 0) is 17.2 Å². The molecule has 23 heavy (non-hydrogen) atoms. The minimum absolute atomic E-state index is 0.0576. The van der Waals surface area contributed by atoms with Crippen LogP contribution in [0.25, 0.3) is 0 Å². The van der Waals surface area contributed by atoms with Crippen molar-refractivity contribution in [3.8, 4) is 0 Å². The standard InChI is InChI=1S/C15H11F6NO/c16-14(17,18)11-6-10(7-12(8-11)15(19,20)21)13(23-22)9-4-2-1-3-5-9/h1-8,13H,22H2. The summed E-state index contributed by atoms with van der Waals surface area (Å²) in [5.41, 5.74) is -2.83. The lowest BCUT2D eigenvalue weighted by Gasteiger charge is -2.19. The summed E-state index contributed by atoms with van der Waals surface area (Å²) in [6.45, 7) is 0. The molecule has 2 aromatic rings. The summed E-state index contributed by atoms with van der Waals surface area (Å²) >= 11 is 0.